The number of methoxy groups -OCH3 is 2. The minimum Gasteiger partial charge on any atom is -0.493 e. The van der Waals surface area contributed by atoms with Crippen LogP contribution in [-0.2, 0) is 6.42 Å². The summed E-state index contributed by atoms with van der Waals surface area (Å²) < 4.78 is 24.3. The Kier molecular flexibility index (Phi) is 6.31. The van der Waals surface area contributed by atoms with Gasteiger partial charge in [-0.15, -0.1) is 0 Å². The van der Waals surface area contributed by atoms with Crippen LogP contribution in [0.2, 0.25) is 0 Å². The minimum absolute atomic E-state index is 0.226. The molecule has 0 spiro atoms. The summed E-state index contributed by atoms with van der Waals surface area (Å²) in [5, 5.41) is 0. The van der Waals surface area contributed by atoms with E-state index in [0.717, 1.165) is 83.3 Å². The maximum Gasteiger partial charge on any atom is 0.161 e. The highest BCUT2D eigenvalue weighted by Crippen LogP contribution is 2.38. The molecule has 4 aromatic rings. The van der Waals surface area contributed by atoms with Gasteiger partial charge in [-0.25, -0.2) is 19.3 Å². The third kappa shape index (κ3) is 4.40. The zero-order chi connectivity index (χ0) is 26.2. The minimum atomic E-state index is -0.226. The van der Waals surface area contributed by atoms with Crippen LogP contribution in [0.25, 0.3) is 22.9 Å². The molecule has 0 unspecified atom stereocenters. The number of aromatic amines is 1. The monoisotopic (exact) mass is 511 g/mol. The standard InChI is InChI=1S/C30H30FN5O2/c1-18-28(21-6-9-26(37-2)27(16-21)38-3)35-29(34-18)20-10-12-36(13-11-20)30-24-14-22(15-25(24)32-17-33-30)19-4-7-23(31)8-5-19/h4-9,14,16-17,20H,10-13,15H2,1-3H3,(H,34,35). The Hall–Kier alpha value is -4.20. The van der Waals surface area contributed by atoms with Gasteiger partial charge in [0.2, 0.25) is 0 Å². The van der Waals surface area contributed by atoms with E-state index >= 15 is 0 Å². The fraction of sp³-hybridized carbons (Fsp3) is 0.300. The van der Waals surface area contributed by atoms with Gasteiger partial charge in [-0.1, -0.05) is 12.1 Å². The lowest BCUT2D eigenvalue weighted by atomic mass is 9.96. The number of anilines is 1. The number of benzene rings is 2. The number of ether oxygens (including phenoxy) is 2. The summed E-state index contributed by atoms with van der Waals surface area (Å²) in [5.41, 5.74) is 7.25. The van der Waals surface area contributed by atoms with Gasteiger partial charge in [0.05, 0.1) is 25.6 Å². The topological polar surface area (TPSA) is 76.2 Å². The quantitative estimate of drug-likeness (QED) is 0.352. The maximum atomic E-state index is 13.4. The fourth-order valence-electron chi connectivity index (χ4n) is 5.52. The molecule has 0 bridgehead atoms. The third-order valence-corrected chi connectivity index (χ3v) is 7.58. The van der Waals surface area contributed by atoms with Crippen molar-refractivity contribution in [1.82, 2.24) is 19.9 Å². The second-order valence-electron chi connectivity index (χ2n) is 9.84. The van der Waals surface area contributed by atoms with Gasteiger partial charge in [-0.2, -0.15) is 0 Å². The van der Waals surface area contributed by atoms with Crippen molar-refractivity contribution in [3.63, 3.8) is 0 Å². The van der Waals surface area contributed by atoms with Gasteiger partial charge in [0.25, 0.3) is 0 Å². The molecule has 3 heterocycles. The third-order valence-electron chi connectivity index (χ3n) is 7.58. The van der Waals surface area contributed by atoms with Crippen molar-refractivity contribution < 1.29 is 13.9 Å². The Morgan fingerprint density at radius 1 is 0.947 bits per heavy atom. The average molecular weight is 512 g/mol. The highest BCUT2D eigenvalue weighted by molar-refractivity contribution is 5.91. The Morgan fingerprint density at radius 2 is 1.68 bits per heavy atom. The summed E-state index contributed by atoms with van der Waals surface area (Å²) in [6, 6.07) is 12.6. The molecule has 2 aromatic carbocycles. The van der Waals surface area contributed by atoms with Gasteiger partial charge in [0.1, 0.15) is 23.8 Å². The van der Waals surface area contributed by atoms with Crippen molar-refractivity contribution in [3.05, 3.63) is 82.9 Å². The Balaban J connectivity index is 1.18. The molecule has 1 saturated heterocycles. The summed E-state index contributed by atoms with van der Waals surface area (Å²) in [6.45, 7) is 3.84. The molecule has 0 atom stereocenters. The number of nitrogens with zero attached hydrogens (tertiary/aromatic N) is 4. The van der Waals surface area contributed by atoms with Gasteiger partial charge in [-0.3, -0.25) is 0 Å². The van der Waals surface area contributed by atoms with Gasteiger partial charge in [-0.05, 0) is 67.3 Å². The Labute approximate surface area is 221 Å². The van der Waals surface area contributed by atoms with E-state index in [4.69, 9.17) is 14.5 Å². The first-order chi connectivity index (χ1) is 18.5. The van der Waals surface area contributed by atoms with Gasteiger partial charge in [0, 0.05) is 42.2 Å². The number of hydrogen-bond acceptors (Lipinski definition) is 6. The van der Waals surface area contributed by atoms with Crippen molar-refractivity contribution in [3.8, 4) is 22.8 Å². The number of aromatic nitrogens is 4. The normalized spacial score (nSPS) is 15.4. The van der Waals surface area contributed by atoms with E-state index in [1.54, 1.807) is 20.5 Å². The highest BCUT2D eigenvalue weighted by atomic mass is 19.1. The predicted molar refractivity (Wildman–Crippen MR) is 146 cm³/mol. The van der Waals surface area contributed by atoms with Gasteiger partial charge >= 0.3 is 0 Å². The molecule has 1 N–H and O–H groups in total. The Morgan fingerprint density at radius 3 is 2.42 bits per heavy atom. The van der Waals surface area contributed by atoms with Crippen LogP contribution >= 0.6 is 0 Å². The number of fused-ring (bicyclic) bond motifs is 1. The van der Waals surface area contributed by atoms with Crippen LogP contribution in [0.3, 0.4) is 0 Å². The first-order valence-electron chi connectivity index (χ1n) is 12.9. The van der Waals surface area contributed by atoms with Crippen molar-refractivity contribution in [1.29, 1.82) is 0 Å². The molecule has 0 saturated carbocycles. The van der Waals surface area contributed by atoms with E-state index in [1.165, 1.54) is 12.1 Å². The smallest absolute Gasteiger partial charge is 0.161 e. The molecule has 1 fully saturated rings. The van der Waals surface area contributed by atoms with Crippen LogP contribution in [0.5, 0.6) is 11.5 Å². The van der Waals surface area contributed by atoms with Gasteiger partial charge < -0.3 is 19.4 Å². The first-order valence-corrected chi connectivity index (χ1v) is 12.9. The number of piperidine rings is 1. The van der Waals surface area contributed by atoms with E-state index < -0.39 is 0 Å². The van der Waals surface area contributed by atoms with Crippen LogP contribution in [0.4, 0.5) is 10.2 Å². The molecule has 1 aliphatic carbocycles. The number of imidazole rings is 1. The van der Waals surface area contributed by atoms with E-state index in [9.17, 15) is 4.39 Å². The molecule has 8 heteroatoms. The average Bonchev–Trinajstić information content (AvgIpc) is 3.57. The second kappa shape index (κ2) is 9.93. The number of hydrogen-bond donors (Lipinski definition) is 1. The van der Waals surface area contributed by atoms with Crippen LogP contribution < -0.4 is 14.4 Å². The molecular weight excluding hydrogens is 481 g/mol. The lowest BCUT2D eigenvalue weighted by molar-refractivity contribution is 0.355. The largest absolute Gasteiger partial charge is 0.493 e. The number of nitrogens with one attached hydrogen (secondary N) is 1. The lowest BCUT2D eigenvalue weighted by Gasteiger charge is -2.32. The van der Waals surface area contributed by atoms with E-state index in [0.29, 0.717) is 17.4 Å². The zero-order valence-electron chi connectivity index (χ0n) is 21.8. The number of allylic oxidation sites excluding steroid dienone is 1. The molecule has 2 aromatic heterocycles. The maximum absolute atomic E-state index is 13.4. The van der Waals surface area contributed by atoms with E-state index in [-0.39, 0.29) is 5.82 Å². The van der Waals surface area contributed by atoms with E-state index in [1.807, 2.05) is 30.3 Å². The zero-order valence-corrected chi connectivity index (χ0v) is 21.8. The number of aryl methyl sites for hydroxylation is 1. The SMILES string of the molecule is COc1ccc(-c2nc(C3CCN(c4ncnc5c4C=C(c4ccc(F)cc4)C5)CC3)[nH]c2C)cc1OC. The lowest BCUT2D eigenvalue weighted by Crippen LogP contribution is -2.34. The molecule has 0 radical (unpaired) electrons. The molecule has 194 valence electrons. The summed E-state index contributed by atoms with van der Waals surface area (Å²) in [5.74, 6) is 3.52. The summed E-state index contributed by atoms with van der Waals surface area (Å²) in [4.78, 5) is 20.1. The molecule has 6 rings (SSSR count). The van der Waals surface area contributed by atoms with Crippen molar-refractivity contribution >= 4 is 17.5 Å². The molecule has 2 aliphatic rings. The number of rotatable bonds is 6. The summed E-state index contributed by atoms with van der Waals surface area (Å²) in [7, 11) is 3.28. The van der Waals surface area contributed by atoms with Crippen molar-refractivity contribution in [2.45, 2.75) is 32.1 Å². The van der Waals surface area contributed by atoms with E-state index in [2.05, 4.69) is 32.9 Å². The van der Waals surface area contributed by atoms with Gasteiger partial charge in [0.15, 0.2) is 11.5 Å². The molecule has 0 amide bonds. The van der Waals surface area contributed by atoms with Crippen molar-refractivity contribution in [2.75, 3.05) is 32.2 Å². The summed E-state index contributed by atoms with van der Waals surface area (Å²) in [6.07, 6.45) is 6.51. The molecule has 1 aliphatic heterocycles. The van der Waals surface area contributed by atoms with Crippen molar-refractivity contribution in [2.24, 2.45) is 0 Å². The molecular formula is C30H30FN5O2. The highest BCUT2D eigenvalue weighted by Gasteiger charge is 2.28. The van der Waals surface area contributed by atoms with Crippen LogP contribution in [-0.4, -0.2) is 47.2 Å². The van der Waals surface area contributed by atoms with Crippen LogP contribution in [0.1, 0.15) is 47.1 Å². The second-order valence-corrected chi connectivity index (χ2v) is 9.84. The van der Waals surface area contributed by atoms with Crippen LogP contribution in [0, 0.1) is 12.7 Å². The van der Waals surface area contributed by atoms with Crippen LogP contribution in [0.15, 0.2) is 48.8 Å². The molecule has 38 heavy (non-hydrogen) atoms. The fourth-order valence-corrected chi connectivity index (χ4v) is 5.52. The summed E-state index contributed by atoms with van der Waals surface area (Å²) >= 11 is 0. The predicted octanol–water partition coefficient (Wildman–Crippen LogP) is 5.81. The number of halogens is 1. The Bertz CT molecular complexity index is 1500. The number of H-pyrrole nitrogens is 1. The molecule has 7 nitrogen and oxygen atoms in total. The first kappa shape index (κ1) is 24.2.